The first-order chi connectivity index (χ1) is 11.3. The van der Waals surface area contributed by atoms with E-state index in [9.17, 15) is 0 Å². The summed E-state index contributed by atoms with van der Waals surface area (Å²) in [5.74, 6) is 0.339. The van der Waals surface area contributed by atoms with Crippen molar-refractivity contribution in [1.29, 1.82) is 0 Å². The molecular formula is C16H19IN6O. The smallest absolute Gasteiger partial charge is 0.193 e. The second-order valence-electron chi connectivity index (χ2n) is 4.95. The highest BCUT2D eigenvalue weighted by Crippen LogP contribution is 2.15. The van der Waals surface area contributed by atoms with E-state index in [1.54, 1.807) is 24.0 Å². The molecule has 0 aliphatic heterocycles. The van der Waals surface area contributed by atoms with Crippen LogP contribution in [0.2, 0.25) is 0 Å². The fraction of sp³-hybridized carbons (Fsp3) is 0.188. The van der Waals surface area contributed by atoms with Crippen LogP contribution in [0.4, 0.5) is 5.69 Å². The number of hydrogen-bond donors (Lipinski definition) is 2. The number of guanidine groups is 1. The fourth-order valence-electron chi connectivity index (χ4n) is 2.27. The van der Waals surface area contributed by atoms with Crippen LogP contribution < -0.4 is 11.1 Å². The predicted octanol–water partition coefficient (Wildman–Crippen LogP) is 2.42. The average molecular weight is 438 g/mol. The van der Waals surface area contributed by atoms with E-state index >= 15 is 0 Å². The van der Waals surface area contributed by atoms with Crippen molar-refractivity contribution in [3.63, 3.8) is 0 Å². The minimum absolute atomic E-state index is 0. The number of aromatic nitrogens is 3. The Morgan fingerprint density at radius 2 is 2.08 bits per heavy atom. The highest BCUT2D eigenvalue weighted by Gasteiger charge is 2.04. The van der Waals surface area contributed by atoms with E-state index in [1.165, 1.54) is 0 Å². The Morgan fingerprint density at radius 1 is 1.25 bits per heavy atom. The van der Waals surface area contributed by atoms with E-state index in [4.69, 9.17) is 10.5 Å². The van der Waals surface area contributed by atoms with Crippen LogP contribution in [0.15, 0.2) is 53.8 Å². The molecule has 0 saturated heterocycles. The van der Waals surface area contributed by atoms with Gasteiger partial charge in [0.15, 0.2) is 11.6 Å². The van der Waals surface area contributed by atoms with Gasteiger partial charge in [-0.2, -0.15) is 5.10 Å². The van der Waals surface area contributed by atoms with Gasteiger partial charge in [-0.05, 0) is 12.1 Å². The summed E-state index contributed by atoms with van der Waals surface area (Å²) in [5.41, 5.74) is 9.59. The number of methoxy groups -OCH3 is 1. The zero-order valence-corrected chi connectivity index (χ0v) is 15.5. The maximum atomic E-state index is 5.99. The van der Waals surface area contributed by atoms with Gasteiger partial charge in [-0.25, -0.2) is 14.5 Å². The van der Waals surface area contributed by atoms with Gasteiger partial charge in [0.25, 0.3) is 0 Å². The second-order valence-corrected chi connectivity index (χ2v) is 4.95. The lowest BCUT2D eigenvalue weighted by atomic mass is 10.2. The van der Waals surface area contributed by atoms with Crippen LogP contribution in [0, 0.1) is 0 Å². The molecule has 2 aromatic heterocycles. The van der Waals surface area contributed by atoms with Crippen molar-refractivity contribution in [3.8, 4) is 0 Å². The topological polar surface area (TPSA) is 89.8 Å². The van der Waals surface area contributed by atoms with E-state index in [2.05, 4.69) is 20.4 Å². The number of para-hydroxylation sites is 1. The maximum absolute atomic E-state index is 5.99. The van der Waals surface area contributed by atoms with Gasteiger partial charge >= 0.3 is 0 Å². The lowest BCUT2D eigenvalue weighted by Gasteiger charge is -2.11. The van der Waals surface area contributed by atoms with Crippen molar-refractivity contribution < 1.29 is 4.74 Å². The first-order valence-corrected chi connectivity index (χ1v) is 7.19. The monoisotopic (exact) mass is 438 g/mol. The number of aliphatic imine (C=N–C) groups is 1. The van der Waals surface area contributed by atoms with Crippen molar-refractivity contribution in [2.45, 2.75) is 13.2 Å². The first kappa shape index (κ1) is 18.1. The molecule has 7 nitrogen and oxygen atoms in total. The molecule has 3 N–H and O–H groups in total. The van der Waals surface area contributed by atoms with Gasteiger partial charge < -0.3 is 15.8 Å². The molecule has 3 rings (SSSR count). The number of hydrogen-bond acceptors (Lipinski definition) is 4. The maximum Gasteiger partial charge on any atom is 0.193 e. The third kappa shape index (κ3) is 4.20. The Hall–Kier alpha value is -2.20. The summed E-state index contributed by atoms with van der Waals surface area (Å²) < 4.78 is 6.93. The van der Waals surface area contributed by atoms with Crippen LogP contribution in [-0.2, 0) is 17.9 Å². The summed E-state index contributed by atoms with van der Waals surface area (Å²) in [7, 11) is 1.66. The number of nitrogens with one attached hydrogen (secondary N) is 1. The summed E-state index contributed by atoms with van der Waals surface area (Å²) >= 11 is 0. The first-order valence-electron chi connectivity index (χ1n) is 7.19. The number of rotatable bonds is 5. The van der Waals surface area contributed by atoms with E-state index in [0.29, 0.717) is 19.1 Å². The van der Waals surface area contributed by atoms with Crippen molar-refractivity contribution in [2.75, 3.05) is 12.4 Å². The lowest BCUT2D eigenvalue weighted by molar-refractivity contribution is 0.185. The van der Waals surface area contributed by atoms with Crippen LogP contribution in [0.1, 0.15) is 11.3 Å². The number of ether oxygens (including phenoxy) is 1. The minimum atomic E-state index is 0. The van der Waals surface area contributed by atoms with Crippen molar-refractivity contribution in [3.05, 3.63) is 60.0 Å². The molecule has 0 saturated carbocycles. The molecule has 8 heteroatoms. The summed E-state index contributed by atoms with van der Waals surface area (Å²) in [6.45, 7) is 0.917. The molecule has 0 spiro atoms. The molecule has 126 valence electrons. The van der Waals surface area contributed by atoms with Crippen molar-refractivity contribution in [2.24, 2.45) is 10.7 Å². The van der Waals surface area contributed by atoms with Crippen LogP contribution in [0.3, 0.4) is 0 Å². The predicted molar refractivity (Wildman–Crippen MR) is 105 cm³/mol. The summed E-state index contributed by atoms with van der Waals surface area (Å²) in [6.07, 6.45) is 3.44. The highest BCUT2D eigenvalue weighted by atomic mass is 127. The summed E-state index contributed by atoms with van der Waals surface area (Å²) in [6, 6.07) is 11.5. The Bertz CT molecular complexity index is 832. The van der Waals surface area contributed by atoms with Crippen LogP contribution in [0.25, 0.3) is 5.65 Å². The molecule has 0 atom stereocenters. The van der Waals surface area contributed by atoms with Gasteiger partial charge in [0.2, 0.25) is 0 Å². The largest absolute Gasteiger partial charge is 0.380 e. The van der Waals surface area contributed by atoms with Crippen molar-refractivity contribution in [1.82, 2.24) is 14.6 Å². The molecule has 2 heterocycles. The van der Waals surface area contributed by atoms with Crippen LogP contribution in [0.5, 0.6) is 0 Å². The SMILES string of the molecule is COCc1ccccc1NC(N)=NCc1ccnc2ccnn12.I. The van der Waals surface area contributed by atoms with Gasteiger partial charge in [-0.15, -0.1) is 24.0 Å². The Kier molecular flexibility index (Phi) is 6.50. The number of nitrogens with zero attached hydrogens (tertiary/aromatic N) is 4. The molecular weight excluding hydrogens is 419 g/mol. The Labute approximate surface area is 157 Å². The average Bonchev–Trinajstić information content (AvgIpc) is 3.04. The molecule has 1 aromatic carbocycles. The van der Waals surface area contributed by atoms with Gasteiger partial charge in [-0.1, -0.05) is 18.2 Å². The number of halogens is 1. The number of anilines is 1. The van der Waals surface area contributed by atoms with Gasteiger partial charge in [0.05, 0.1) is 25.0 Å². The Morgan fingerprint density at radius 3 is 2.92 bits per heavy atom. The Balaban J connectivity index is 0.00000208. The second kappa shape index (κ2) is 8.60. The third-order valence-electron chi connectivity index (χ3n) is 3.36. The highest BCUT2D eigenvalue weighted by molar-refractivity contribution is 14.0. The lowest BCUT2D eigenvalue weighted by Crippen LogP contribution is -2.23. The fourth-order valence-corrected chi connectivity index (χ4v) is 2.27. The quantitative estimate of drug-likeness (QED) is 0.363. The standard InChI is InChI=1S/C16H18N6O.HI/c1-23-11-12-4-2-3-5-14(12)21-16(17)19-10-13-6-8-18-15-7-9-20-22(13)15;/h2-9H,10-11H2,1H3,(H3,17,19,21);1H. The van der Waals surface area contributed by atoms with E-state index in [0.717, 1.165) is 22.6 Å². The van der Waals surface area contributed by atoms with Gasteiger partial charge in [-0.3, -0.25) is 0 Å². The van der Waals surface area contributed by atoms with Gasteiger partial charge in [0.1, 0.15) is 0 Å². The number of benzene rings is 1. The molecule has 0 fully saturated rings. The third-order valence-corrected chi connectivity index (χ3v) is 3.36. The zero-order valence-electron chi connectivity index (χ0n) is 13.2. The van der Waals surface area contributed by atoms with E-state index in [1.807, 2.05) is 36.4 Å². The molecule has 0 bridgehead atoms. The normalized spacial score (nSPS) is 11.3. The molecule has 24 heavy (non-hydrogen) atoms. The molecule has 3 aromatic rings. The van der Waals surface area contributed by atoms with Crippen molar-refractivity contribution >= 4 is 41.3 Å². The summed E-state index contributed by atoms with van der Waals surface area (Å²) in [4.78, 5) is 8.59. The van der Waals surface area contributed by atoms with Gasteiger partial charge in [0, 0.05) is 30.6 Å². The zero-order chi connectivity index (χ0) is 16.1. The molecule has 0 unspecified atom stereocenters. The van der Waals surface area contributed by atoms with Crippen LogP contribution in [-0.4, -0.2) is 27.7 Å². The number of nitrogens with two attached hydrogens (primary N) is 1. The summed E-state index contributed by atoms with van der Waals surface area (Å²) in [5, 5.41) is 7.34. The van der Waals surface area contributed by atoms with Crippen LogP contribution >= 0.6 is 24.0 Å². The number of fused-ring (bicyclic) bond motifs is 1. The van der Waals surface area contributed by atoms with E-state index < -0.39 is 0 Å². The minimum Gasteiger partial charge on any atom is -0.380 e. The van der Waals surface area contributed by atoms with E-state index in [-0.39, 0.29) is 24.0 Å². The molecule has 0 aliphatic carbocycles. The molecule has 0 aliphatic rings. The molecule has 0 radical (unpaired) electrons. The molecule has 0 amide bonds.